The first-order valence-electron chi connectivity index (χ1n) is 9.23. The Morgan fingerprint density at radius 1 is 1.00 bits per heavy atom. The van der Waals surface area contributed by atoms with E-state index in [9.17, 15) is 9.59 Å². The second kappa shape index (κ2) is 9.21. The van der Waals surface area contributed by atoms with Crippen molar-refractivity contribution in [1.29, 1.82) is 0 Å². The van der Waals surface area contributed by atoms with Gasteiger partial charge in [-0.3, -0.25) is 9.59 Å². The third-order valence-electron chi connectivity index (χ3n) is 4.12. The van der Waals surface area contributed by atoms with Gasteiger partial charge in [-0.05, 0) is 69.7 Å². The Kier molecular flexibility index (Phi) is 6.99. The molecule has 27 heavy (non-hydrogen) atoms. The maximum atomic E-state index is 12.9. The number of carbonyl (C=O) groups excluding carboxylic acids is 2. The minimum Gasteiger partial charge on any atom is -0.491 e. The second-order valence-electron chi connectivity index (χ2n) is 6.74. The Morgan fingerprint density at radius 3 is 2.19 bits per heavy atom. The normalized spacial score (nSPS) is 10.6. The third kappa shape index (κ3) is 5.58. The number of benzene rings is 2. The lowest BCUT2D eigenvalue weighted by atomic mass is 10.2. The topological polar surface area (TPSA) is 49.9 Å². The van der Waals surface area contributed by atoms with Gasteiger partial charge in [-0.1, -0.05) is 12.1 Å². The Labute approximate surface area is 161 Å². The largest absolute Gasteiger partial charge is 0.491 e. The molecule has 2 amide bonds. The lowest BCUT2D eigenvalue weighted by Gasteiger charge is -2.26. The van der Waals surface area contributed by atoms with Crippen molar-refractivity contribution < 1.29 is 14.3 Å². The molecule has 0 atom stereocenters. The number of anilines is 2. The highest BCUT2D eigenvalue weighted by atomic mass is 16.5. The Balaban J connectivity index is 2.19. The molecule has 144 valence electrons. The molecule has 0 unspecified atom stereocenters. The van der Waals surface area contributed by atoms with Gasteiger partial charge in [0, 0.05) is 24.8 Å². The van der Waals surface area contributed by atoms with Crippen LogP contribution in [0.15, 0.2) is 48.5 Å². The smallest absolute Gasteiger partial charge is 0.247 e. The number of hydrogen-bond donors (Lipinski definition) is 0. The van der Waals surface area contributed by atoms with Gasteiger partial charge in [0.05, 0.1) is 6.10 Å². The van der Waals surface area contributed by atoms with Crippen molar-refractivity contribution in [2.24, 2.45) is 0 Å². The van der Waals surface area contributed by atoms with Crippen LogP contribution in [-0.2, 0) is 9.59 Å². The summed E-state index contributed by atoms with van der Waals surface area (Å²) in [5.74, 6) is 0.431. The summed E-state index contributed by atoms with van der Waals surface area (Å²) < 4.78 is 5.64. The van der Waals surface area contributed by atoms with Crippen LogP contribution in [0.1, 0.15) is 33.3 Å². The number of hydrogen-bond acceptors (Lipinski definition) is 3. The van der Waals surface area contributed by atoms with Crippen LogP contribution in [-0.4, -0.2) is 31.0 Å². The number of likely N-dealkylation sites (N-methyl/N-ethyl adjacent to an activating group) is 1. The van der Waals surface area contributed by atoms with Gasteiger partial charge in [0.1, 0.15) is 12.3 Å². The first-order chi connectivity index (χ1) is 12.8. The number of aryl methyl sites for hydroxylation is 1. The first-order valence-corrected chi connectivity index (χ1v) is 9.23. The van der Waals surface area contributed by atoms with Gasteiger partial charge in [0.15, 0.2) is 0 Å². The molecule has 0 aliphatic carbocycles. The lowest BCUT2D eigenvalue weighted by molar-refractivity contribution is -0.121. The van der Waals surface area contributed by atoms with E-state index in [0.717, 1.165) is 17.0 Å². The van der Waals surface area contributed by atoms with E-state index in [1.807, 2.05) is 64.1 Å². The van der Waals surface area contributed by atoms with E-state index in [0.29, 0.717) is 12.2 Å². The van der Waals surface area contributed by atoms with Crippen molar-refractivity contribution in [3.05, 3.63) is 54.1 Å². The summed E-state index contributed by atoms with van der Waals surface area (Å²) in [5, 5.41) is 0. The van der Waals surface area contributed by atoms with Gasteiger partial charge in [0.25, 0.3) is 0 Å². The van der Waals surface area contributed by atoms with Gasteiger partial charge in [0.2, 0.25) is 11.8 Å². The molecule has 0 saturated carbocycles. The summed E-state index contributed by atoms with van der Waals surface area (Å²) in [4.78, 5) is 28.2. The maximum absolute atomic E-state index is 12.9. The van der Waals surface area contributed by atoms with Crippen molar-refractivity contribution >= 4 is 23.2 Å². The van der Waals surface area contributed by atoms with E-state index in [2.05, 4.69) is 0 Å². The maximum Gasteiger partial charge on any atom is 0.247 e. The molecule has 5 heteroatoms. The molecule has 0 radical (unpaired) electrons. The van der Waals surface area contributed by atoms with E-state index < -0.39 is 0 Å². The Morgan fingerprint density at radius 2 is 1.67 bits per heavy atom. The Bertz CT molecular complexity index is 784. The van der Waals surface area contributed by atoms with Crippen LogP contribution in [0.4, 0.5) is 11.4 Å². The van der Waals surface area contributed by atoms with Crippen molar-refractivity contribution in [2.75, 3.05) is 22.9 Å². The summed E-state index contributed by atoms with van der Waals surface area (Å²) in [6, 6.07) is 15.0. The van der Waals surface area contributed by atoms with E-state index in [1.54, 1.807) is 17.0 Å². The molecule has 0 aromatic heterocycles. The summed E-state index contributed by atoms with van der Waals surface area (Å²) in [7, 11) is 0. The van der Waals surface area contributed by atoms with Gasteiger partial charge < -0.3 is 14.5 Å². The van der Waals surface area contributed by atoms with Crippen molar-refractivity contribution in [3.8, 4) is 5.75 Å². The molecular weight excluding hydrogens is 340 g/mol. The van der Waals surface area contributed by atoms with Crippen LogP contribution in [0.25, 0.3) is 0 Å². The number of ether oxygens (including phenoxy) is 1. The van der Waals surface area contributed by atoms with E-state index in [1.165, 1.54) is 11.8 Å². The average molecular weight is 368 g/mol. The zero-order chi connectivity index (χ0) is 20.0. The SMILES string of the molecule is CCN(C(=O)CN(C(C)=O)c1ccc(OC(C)C)cc1)c1cccc(C)c1. The van der Waals surface area contributed by atoms with E-state index in [-0.39, 0.29) is 24.5 Å². The summed E-state index contributed by atoms with van der Waals surface area (Å²) in [5.41, 5.74) is 2.60. The monoisotopic (exact) mass is 368 g/mol. The van der Waals surface area contributed by atoms with Crippen LogP contribution < -0.4 is 14.5 Å². The van der Waals surface area contributed by atoms with Crippen LogP contribution in [0, 0.1) is 6.92 Å². The fourth-order valence-electron chi connectivity index (χ4n) is 2.88. The summed E-state index contributed by atoms with van der Waals surface area (Å²) in [6.45, 7) is 9.82. The fourth-order valence-corrected chi connectivity index (χ4v) is 2.88. The molecule has 0 aliphatic heterocycles. The molecule has 0 N–H and O–H groups in total. The number of nitrogens with zero attached hydrogens (tertiary/aromatic N) is 2. The molecule has 0 fully saturated rings. The highest BCUT2D eigenvalue weighted by Crippen LogP contribution is 2.22. The molecule has 2 aromatic carbocycles. The van der Waals surface area contributed by atoms with Crippen LogP contribution in [0.2, 0.25) is 0 Å². The quantitative estimate of drug-likeness (QED) is 0.736. The molecule has 5 nitrogen and oxygen atoms in total. The van der Waals surface area contributed by atoms with Gasteiger partial charge in [-0.25, -0.2) is 0 Å². The minimum atomic E-state index is -0.179. The standard InChI is InChI=1S/C22H28N2O3/c1-6-23(20-9-7-8-17(4)14-20)22(26)15-24(18(5)25)19-10-12-21(13-11-19)27-16(2)3/h7-14,16H,6,15H2,1-5H3. The van der Waals surface area contributed by atoms with Gasteiger partial charge in [-0.2, -0.15) is 0 Å². The zero-order valence-electron chi connectivity index (χ0n) is 16.7. The van der Waals surface area contributed by atoms with E-state index >= 15 is 0 Å². The predicted octanol–water partition coefficient (Wildman–Crippen LogP) is 4.19. The van der Waals surface area contributed by atoms with Gasteiger partial charge in [-0.15, -0.1) is 0 Å². The molecule has 0 saturated heterocycles. The van der Waals surface area contributed by atoms with Crippen LogP contribution >= 0.6 is 0 Å². The summed E-state index contributed by atoms with van der Waals surface area (Å²) in [6.07, 6.45) is 0.0776. The molecule has 0 aliphatic rings. The highest BCUT2D eigenvalue weighted by Gasteiger charge is 2.21. The number of amides is 2. The van der Waals surface area contributed by atoms with Crippen LogP contribution in [0.5, 0.6) is 5.75 Å². The first kappa shape index (κ1) is 20.5. The van der Waals surface area contributed by atoms with Crippen molar-refractivity contribution in [3.63, 3.8) is 0 Å². The number of rotatable bonds is 7. The predicted molar refractivity (Wildman–Crippen MR) is 109 cm³/mol. The molecule has 0 spiro atoms. The van der Waals surface area contributed by atoms with Crippen molar-refractivity contribution in [2.45, 2.75) is 40.7 Å². The third-order valence-corrected chi connectivity index (χ3v) is 4.12. The zero-order valence-corrected chi connectivity index (χ0v) is 16.7. The second-order valence-corrected chi connectivity index (χ2v) is 6.74. The molecule has 0 bridgehead atoms. The van der Waals surface area contributed by atoms with Crippen LogP contribution in [0.3, 0.4) is 0 Å². The van der Waals surface area contributed by atoms with Gasteiger partial charge >= 0.3 is 0 Å². The van der Waals surface area contributed by atoms with Crippen molar-refractivity contribution in [1.82, 2.24) is 0 Å². The Hall–Kier alpha value is -2.82. The molecule has 2 aromatic rings. The lowest BCUT2D eigenvalue weighted by Crippen LogP contribution is -2.42. The fraction of sp³-hybridized carbons (Fsp3) is 0.364. The van der Waals surface area contributed by atoms with E-state index in [4.69, 9.17) is 4.74 Å². The molecule has 0 heterocycles. The average Bonchev–Trinajstić information content (AvgIpc) is 2.60. The minimum absolute atomic E-state index is 0.0124. The number of carbonyl (C=O) groups is 2. The highest BCUT2D eigenvalue weighted by molar-refractivity contribution is 6.03. The molecule has 2 rings (SSSR count). The summed E-state index contributed by atoms with van der Waals surface area (Å²) >= 11 is 0. The molecular formula is C22H28N2O3.